The smallest absolute Gasteiger partial charge is 0.119 e. The van der Waals surface area contributed by atoms with E-state index in [1.54, 1.807) is 12.7 Å². The molecule has 0 aliphatic heterocycles. The molecule has 0 aromatic heterocycles. The predicted molar refractivity (Wildman–Crippen MR) is 111 cm³/mol. The number of unbranched alkanes of at least 4 members (excludes halogenated alkanes) is 3. The fraction of sp³-hybridized carbons (Fsp3) is 0.680. The van der Waals surface area contributed by atoms with Gasteiger partial charge in [0, 0.05) is 12.0 Å². The molecule has 4 atom stereocenters. The summed E-state index contributed by atoms with van der Waals surface area (Å²) in [5.74, 6) is 3.35. The van der Waals surface area contributed by atoms with Gasteiger partial charge < -0.3 is 9.47 Å². The highest BCUT2D eigenvalue weighted by Gasteiger charge is 2.50. The van der Waals surface area contributed by atoms with E-state index in [-0.39, 0.29) is 0 Å². The van der Waals surface area contributed by atoms with Gasteiger partial charge in [-0.25, -0.2) is 0 Å². The molecule has 0 spiro atoms. The van der Waals surface area contributed by atoms with Crippen LogP contribution in [-0.2, 0) is 11.2 Å². The third kappa shape index (κ3) is 3.70. The van der Waals surface area contributed by atoms with Crippen LogP contribution in [0.15, 0.2) is 30.4 Å². The third-order valence-corrected chi connectivity index (χ3v) is 7.54. The largest absolute Gasteiger partial charge is 0.497 e. The highest BCUT2D eigenvalue weighted by Crippen LogP contribution is 2.59. The van der Waals surface area contributed by atoms with Gasteiger partial charge in [0.1, 0.15) is 5.75 Å². The average molecular weight is 369 g/mol. The van der Waals surface area contributed by atoms with Crippen LogP contribution in [0.1, 0.15) is 75.3 Å². The van der Waals surface area contributed by atoms with E-state index < -0.39 is 0 Å². The number of methoxy groups -OCH3 is 1. The van der Waals surface area contributed by atoms with Crippen molar-refractivity contribution in [2.45, 2.75) is 70.6 Å². The summed E-state index contributed by atoms with van der Waals surface area (Å²) in [5, 5.41) is 0. The molecule has 3 aliphatic rings. The zero-order chi connectivity index (χ0) is 18.7. The lowest BCUT2D eigenvalue weighted by atomic mass is 9.55. The minimum absolute atomic E-state index is 0.315. The molecule has 0 N–H and O–H groups in total. The van der Waals surface area contributed by atoms with E-state index in [9.17, 15) is 0 Å². The first-order chi connectivity index (χ1) is 13.3. The number of rotatable bonds is 8. The van der Waals surface area contributed by atoms with Gasteiger partial charge in [-0.2, -0.15) is 0 Å². The van der Waals surface area contributed by atoms with Crippen molar-refractivity contribution in [1.82, 2.24) is 0 Å². The van der Waals surface area contributed by atoms with Gasteiger partial charge >= 0.3 is 0 Å². The maximum Gasteiger partial charge on any atom is 0.119 e. The van der Waals surface area contributed by atoms with Crippen LogP contribution in [0.5, 0.6) is 5.75 Å². The highest BCUT2D eigenvalue weighted by atomic mass is 16.5. The second-order valence-electron chi connectivity index (χ2n) is 9.00. The molecule has 27 heavy (non-hydrogen) atoms. The molecular formula is C25H36O2. The Morgan fingerprint density at radius 1 is 1.15 bits per heavy atom. The summed E-state index contributed by atoms with van der Waals surface area (Å²) in [6.45, 7) is 4.16. The lowest BCUT2D eigenvalue weighted by Gasteiger charge is -2.50. The molecular weight excluding hydrogens is 332 g/mol. The van der Waals surface area contributed by atoms with Gasteiger partial charge in [-0.3, -0.25) is 0 Å². The van der Waals surface area contributed by atoms with E-state index in [2.05, 4.69) is 37.3 Å². The number of allylic oxidation sites excluding steroid dienone is 1. The summed E-state index contributed by atoms with van der Waals surface area (Å²) >= 11 is 0. The van der Waals surface area contributed by atoms with Crippen LogP contribution in [0.25, 0.3) is 0 Å². The number of ether oxygens (including phenoxy) is 2. The number of hydrogen-bond acceptors (Lipinski definition) is 2. The second-order valence-corrected chi connectivity index (χ2v) is 9.00. The Bertz CT molecular complexity index is 664. The van der Waals surface area contributed by atoms with Crippen molar-refractivity contribution >= 4 is 0 Å². The molecule has 2 heteroatoms. The van der Waals surface area contributed by atoms with Gasteiger partial charge in [0.15, 0.2) is 0 Å². The van der Waals surface area contributed by atoms with E-state index in [0.29, 0.717) is 5.41 Å². The maximum atomic E-state index is 6.24. The topological polar surface area (TPSA) is 18.5 Å². The zero-order valence-corrected chi connectivity index (χ0v) is 17.2. The van der Waals surface area contributed by atoms with E-state index in [1.165, 1.54) is 63.4 Å². The minimum atomic E-state index is 0.315. The summed E-state index contributed by atoms with van der Waals surface area (Å²) in [4.78, 5) is 0. The van der Waals surface area contributed by atoms with Gasteiger partial charge in [0.2, 0.25) is 0 Å². The van der Waals surface area contributed by atoms with Crippen molar-refractivity contribution in [2.75, 3.05) is 20.3 Å². The van der Waals surface area contributed by atoms with Crippen LogP contribution in [0.2, 0.25) is 0 Å². The van der Waals surface area contributed by atoms with Crippen molar-refractivity contribution in [1.29, 1.82) is 0 Å². The number of hydrogen-bond donors (Lipinski definition) is 0. The summed E-state index contributed by atoms with van der Waals surface area (Å²) in [7, 11) is 1.77. The molecule has 1 saturated carbocycles. The highest BCUT2D eigenvalue weighted by molar-refractivity contribution is 5.41. The molecule has 1 fully saturated rings. The molecule has 1 aromatic rings. The molecule has 0 bridgehead atoms. The zero-order valence-electron chi connectivity index (χ0n) is 17.2. The monoisotopic (exact) mass is 368 g/mol. The van der Waals surface area contributed by atoms with E-state index in [0.717, 1.165) is 36.7 Å². The molecule has 0 saturated heterocycles. The van der Waals surface area contributed by atoms with E-state index >= 15 is 0 Å². The van der Waals surface area contributed by atoms with Gasteiger partial charge in [-0.05, 0) is 79.5 Å². The lowest BCUT2D eigenvalue weighted by Crippen LogP contribution is -2.43. The first kappa shape index (κ1) is 19.1. The van der Waals surface area contributed by atoms with Crippen LogP contribution >= 0.6 is 0 Å². The normalized spacial score (nSPS) is 31.3. The van der Waals surface area contributed by atoms with E-state index in [4.69, 9.17) is 9.47 Å². The van der Waals surface area contributed by atoms with Crippen molar-refractivity contribution in [3.63, 3.8) is 0 Å². The van der Waals surface area contributed by atoms with Crippen molar-refractivity contribution in [3.05, 3.63) is 41.5 Å². The maximum absolute atomic E-state index is 6.24. The van der Waals surface area contributed by atoms with Crippen LogP contribution in [0.4, 0.5) is 0 Å². The average Bonchev–Trinajstić information content (AvgIpc) is 3.14. The molecule has 0 unspecified atom stereocenters. The standard InChI is InChI=1S/C25H36O2/c1-3-4-5-6-16-27-18-25-14-7-8-24(25)23-11-9-19-17-20(26-2)10-12-21(19)22(23)13-15-25/h7,10,12,14,17,22-24H,3-6,8-9,11,13,15-16,18H2,1-2H3/t22-,23-,24+,25+/m1/s1. The Morgan fingerprint density at radius 2 is 2.07 bits per heavy atom. The van der Waals surface area contributed by atoms with Crippen LogP contribution in [0.3, 0.4) is 0 Å². The fourth-order valence-electron chi connectivity index (χ4n) is 6.11. The summed E-state index contributed by atoms with van der Waals surface area (Å²) < 4.78 is 11.7. The summed E-state index contributed by atoms with van der Waals surface area (Å²) in [5.41, 5.74) is 3.45. The Morgan fingerprint density at radius 3 is 2.93 bits per heavy atom. The Balaban J connectivity index is 1.43. The molecule has 0 heterocycles. The first-order valence-corrected chi connectivity index (χ1v) is 11.2. The molecule has 1 aromatic carbocycles. The lowest BCUT2D eigenvalue weighted by molar-refractivity contribution is -0.0153. The molecule has 0 amide bonds. The molecule has 0 radical (unpaired) electrons. The Hall–Kier alpha value is -1.28. The van der Waals surface area contributed by atoms with E-state index in [1.807, 2.05) is 0 Å². The van der Waals surface area contributed by atoms with Gasteiger partial charge in [0.05, 0.1) is 13.7 Å². The Labute approximate surface area is 165 Å². The van der Waals surface area contributed by atoms with Crippen molar-refractivity contribution in [3.8, 4) is 5.75 Å². The minimum Gasteiger partial charge on any atom is -0.497 e. The molecule has 148 valence electrons. The van der Waals surface area contributed by atoms with Gasteiger partial charge in [-0.15, -0.1) is 0 Å². The number of aryl methyl sites for hydroxylation is 1. The number of fused-ring (bicyclic) bond motifs is 5. The molecule has 2 nitrogen and oxygen atoms in total. The fourth-order valence-corrected chi connectivity index (χ4v) is 6.11. The number of benzene rings is 1. The third-order valence-electron chi connectivity index (χ3n) is 7.54. The Kier molecular flexibility index (Phi) is 5.92. The molecule has 3 aliphatic carbocycles. The SMILES string of the molecule is CCCCCCOC[C@@]12C=CC[C@H]1[C@@H]1CCc3cc(OC)ccc3[C@H]1CC2. The van der Waals surface area contributed by atoms with Crippen molar-refractivity contribution in [2.24, 2.45) is 17.3 Å². The van der Waals surface area contributed by atoms with Gasteiger partial charge in [0.25, 0.3) is 0 Å². The van der Waals surface area contributed by atoms with Crippen molar-refractivity contribution < 1.29 is 9.47 Å². The summed E-state index contributed by atoms with van der Waals surface area (Å²) in [6.07, 6.45) is 16.5. The first-order valence-electron chi connectivity index (χ1n) is 11.2. The predicted octanol–water partition coefficient (Wildman–Crippen LogP) is 6.29. The molecule has 4 rings (SSSR count). The van der Waals surface area contributed by atoms with Crippen LogP contribution < -0.4 is 4.74 Å². The quantitative estimate of drug-likeness (QED) is 0.396. The summed E-state index contributed by atoms with van der Waals surface area (Å²) in [6, 6.07) is 6.79. The second kappa shape index (κ2) is 8.39. The van der Waals surface area contributed by atoms with Crippen LogP contribution in [0, 0.1) is 17.3 Å². The van der Waals surface area contributed by atoms with Gasteiger partial charge in [-0.1, -0.05) is 44.4 Å². The van der Waals surface area contributed by atoms with Crippen LogP contribution in [-0.4, -0.2) is 20.3 Å².